The fourth-order valence-corrected chi connectivity index (χ4v) is 4.58. The number of rotatable bonds is 3. The third-order valence-corrected chi connectivity index (χ3v) is 6.50. The molecule has 0 bridgehead atoms. The molecule has 0 spiro atoms. The summed E-state index contributed by atoms with van der Waals surface area (Å²) in [6.45, 7) is 12.4. The van der Waals surface area contributed by atoms with Crippen LogP contribution in [0.5, 0.6) is 5.75 Å². The summed E-state index contributed by atoms with van der Waals surface area (Å²) >= 11 is 0.879. The fourth-order valence-electron chi connectivity index (χ4n) is 3.91. The summed E-state index contributed by atoms with van der Waals surface area (Å²) in [7, 11) is 0. The Balaban J connectivity index is 1.98. The van der Waals surface area contributed by atoms with Crippen molar-refractivity contribution in [3.63, 3.8) is 0 Å². The third kappa shape index (κ3) is 4.66. The second kappa shape index (κ2) is 8.47. The SMILES string of the molecule is CC(C)(C)c1cc(-c2nn(-c3ccccc3)cc2/C=C2\SC(=O)NC2=O)cc(C(C)(C)C)c1O. The maximum Gasteiger partial charge on any atom is 0.290 e. The number of aromatic nitrogens is 2. The topological polar surface area (TPSA) is 84.2 Å². The average Bonchev–Trinajstić information content (AvgIpc) is 3.30. The molecule has 0 saturated carbocycles. The standard InChI is InChI=1S/C27H29N3O3S/c1-26(2,3)19-12-16(13-20(23(19)31)27(4,5)6)22-17(14-21-24(32)28-25(33)34-21)15-30(29-22)18-10-8-7-9-11-18/h7-15,31H,1-6H3,(H,28,32,33)/b21-14-. The van der Waals surface area contributed by atoms with Gasteiger partial charge in [-0.3, -0.25) is 14.9 Å². The Morgan fingerprint density at radius 3 is 2.06 bits per heavy atom. The predicted octanol–water partition coefficient (Wildman–Crippen LogP) is 6.16. The van der Waals surface area contributed by atoms with Crippen molar-refractivity contribution < 1.29 is 14.7 Å². The van der Waals surface area contributed by atoms with E-state index in [4.69, 9.17) is 5.10 Å². The van der Waals surface area contributed by atoms with Crippen molar-refractivity contribution >= 4 is 29.0 Å². The van der Waals surface area contributed by atoms with Crippen LogP contribution in [0.15, 0.2) is 53.6 Å². The number of para-hydroxylation sites is 1. The zero-order valence-electron chi connectivity index (χ0n) is 20.3. The van der Waals surface area contributed by atoms with E-state index in [1.807, 2.05) is 48.7 Å². The molecule has 1 aliphatic rings. The quantitative estimate of drug-likeness (QED) is 0.443. The van der Waals surface area contributed by atoms with Gasteiger partial charge in [0, 0.05) is 28.5 Å². The minimum Gasteiger partial charge on any atom is -0.507 e. The van der Waals surface area contributed by atoms with E-state index in [1.165, 1.54) is 0 Å². The Bertz CT molecular complexity index is 1270. The first-order valence-corrected chi connectivity index (χ1v) is 11.9. The molecule has 2 aromatic carbocycles. The van der Waals surface area contributed by atoms with Crippen LogP contribution in [-0.2, 0) is 15.6 Å². The molecule has 3 aromatic rings. The Morgan fingerprint density at radius 2 is 1.56 bits per heavy atom. The van der Waals surface area contributed by atoms with E-state index in [0.29, 0.717) is 21.9 Å². The zero-order chi connectivity index (χ0) is 24.8. The molecule has 1 aromatic heterocycles. The highest BCUT2D eigenvalue weighted by molar-refractivity contribution is 8.18. The van der Waals surface area contributed by atoms with Gasteiger partial charge in [0.25, 0.3) is 11.1 Å². The lowest BCUT2D eigenvalue weighted by atomic mass is 9.78. The Kier molecular flexibility index (Phi) is 5.94. The fraction of sp³-hybridized carbons (Fsp3) is 0.296. The van der Waals surface area contributed by atoms with E-state index in [9.17, 15) is 14.7 Å². The van der Waals surface area contributed by atoms with Crippen molar-refractivity contribution in [2.45, 2.75) is 52.4 Å². The molecule has 1 saturated heterocycles. The molecule has 4 rings (SSSR count). The lowest BCUT2D eigenvalue weighted by molar-refractivity contribution is -0.115. The summed E-state index contributed by atoms with van der Waals surface area (Å²) in [5.74, 6) is -0.118. The second-order valence-electron chi connectivity index (χ2n) is 10.5. The molecular weight excluding hydrogens is 446 g/mol. The van der Waals surface area contributed by atoms with Crippen LogP contribution in [0.2, 0.25) is 0 Å². The van der Waals surface area contributed by atoms with Gasteiger partial charge in [-0.25, -0.2) is 4.68 Å². The molecule has 176 valence electrons. The van der Waals surface area contributed by atoms with Crippen LogP contribution < -0.4 is 5.32 Å². The van der Waals surface area contributed by atoms with Crippen LogP contribution in [0.4, 0.5) is 4.79 Å². The van der Waals surface area contributed by atoms with Crippen molar-refractivity contribution in [1.29, 1.82) is 0 Å². The minimum atomic E-state index is -0.412. The second-order valence-corrected chi connectivity index (χ2v) is 11.5. The maximum absolute atomic E-state index is 12.2. The number of phenols is 1. The van der Waals surface area contributed by atoms with Gasteiger partial charge in [-0.15, -0.1) is 0 Å². The number of benzene rings is 2. The Labute approximate surface area is 204 Å². The van der Waals surface area contributed by atoms with Crippen molar-refractivity contribution in [2.24, 2.45) is 0 Å². The van der Waals surface area contributed by atoms with E-state index in [2.05, 4.69) is 46.9 Å². The van der Waals surface area contributed by atoms with Crippen LogP contribution in [-0.4, -0.2) is 26.0 Å². The number of imide groups is 1. The van der Waals surface area contributed by atoms with Gasteiger partial charge < -0.3 is 5.11 Å². The van der Waals surface area contributed by atoms with Crippen molar-refractivity contribution in [2.75, 3.05) is 0 Å². The number of hydrogen-bond donors (Lipinski definition) is 2. The number of carbonyl (C=O) groups excluding carboxylic acids is 2. The number of hydrogen-bond acceptors (Lipinski definition) is 5. The molecule has 34 heavy (non-hydrogen) atoms. The van der Waals surface area contributed by atoms with Crippen LogP contribution in [0.3, 0.4) is 0 Å². The number of nitrogens with one attached hydrogen (secondary N) is 1. The Hall–Kier alpha value is -3.32. The molecule has 0 aliphatic carbocycles. The summed E-state index contributed by atoms with van der Waals surface area (Å²) in [4.78, 5) is 24.3. The Morgan fingerprint density at radius 1 is 0.971 bits per heavy atom. The zero-order valence-corrected chi connectivity index (χ0v) is 21.1. The third-order valence-electron chi connectivity index (χ3n) is 5.69. The molecular formula is C27H29N3O3S. The number of thioether (sulfide) groups is 1. The van der Waals surface area contributed by atoms with E-state index in [0.717, 1.165) is 34.1 Å². The smallest absolute Gasteiger partial charge is 0.290 e. The summed E-state index contributed by atoms with van der Waals surface area (Å²) in [5, 5.41) is 17.9. The highest BCUT2D eigenvalue weighted by atomic mass is 32.2. The number of phenolic OH excluding ortho intramolecular Hbond substituents is 1. The number of amides is 2. The monoisotopic (exact) mass is 475 g/mol. The first kappa shape index (κ1) is 23.8. The van der Waals surface area contributed by atoms with Crippen LogP contribution in [0.1, 0.15) is 58.2 Å². The summed E-state index contributed by atoms with van der Waals surface area (Å²) in [5.41, 5.74) is 4.14. The van der Waals surface area contributed by atoms with Gasteiger partial charge in [0.05, 0.1) is 10.6 Å². The number of carbonyl (C=O) groups is 2. The van der Waals surface area contributed by atoms with Crippen LogP contribution in [0.25, 0.3) is 23.0 Å². The van der Waals surface area contributed by atoms with Crippen molar-refractivity contribution in [3.8, 4) is 22.7 Å². The van der Waals surface area contributed by atoms with Gasteiger partial charge in [-0.2, -0.15) is 5.10 Å². The van der Waals surface area contributed by atoms with Gasteiger partial charge in [0.15, 0.2) is 0 Å². The lowest BCUT2D eigenvalue weighted by Crippen LogP contribution is -2.17. The molecule has 0 atom stereocenters. The predicted molar refractivity (Wildman–Crippen MR) is 137 cm³/mol. The molecule has 0 unspecified atom stereocenters. The highest BCUT2D eigenvalue weighted by Crippen LogP contribution is 2.42. The largest absolute Gasteiger partial charge is 0.507 e. The first-order chi connectivity index (χ1) is 15.8. The highest BCUT2D eigenvalue weighted by Gasteiger charge is 2.29. The average molecular weight is 476 g/mol. The maximum atomic E-state index is 12.2. The molecule has 2 amide bonds. The van der Waals surface area contributed by atoms with Gasteiger partial charge in [-0.1, -0.05) is 59.7 Å². The van der Waals surface area contributed by atoms with Gasteiger partial charge >= 0.3 is 0 Å². The van der Waals surface area contributed by atoms with E-state index < -0.39 is 5.91 Å². The van der Waals surface area contributed by atoms with E-state index in [1.54, 1.807) is 10.8 Å². The molecule has 0 radical (unpaired) electrons. The summed E-state index contributed by atoms with van der Waals surface area (Å²) < 4.78 is 1.77. The first-order valence-electron chi connectivity index (χ1n) is 11.1. The lowest BCUT2D eigenvalue weighted by Gasteiger charge is -2.28. The minimum absolute atomic E-state index is 0.294. The number of nitrogens with zero attached hydrogens (tertiary/aromatic N) is 2. The van der Waals surface area contributed by atoms with Crippen LogP contribution >= 0.6 is 11.8 Å². The normalized spacial score (nSPS) is 15.8. The molecule has 1 fully saturated rings. The van der Waals surface area contributed by atoms with E-state index in [-0.39, 0.29) is 16.1 Å². The molecule has 7 heteroatoms. The van der Waals surface area contributed by atoms with Gasteiger partial charge in [0.1, 0.15) is 11.4 Å². The molecule has 1 aliphatic heterocycles. The van der Waals surface area contributed by atoms with E-state index >= 15 is 0 Å². The van der Waals surface area contributed by atoms with Crippen molar-refractivity contribution in [3.05, 3.63) is 70.3 Å². The summed E-state index contributed by atoms with van der Waals surface area (Å²) in [6, 6.07) is 13.6. The molecule has 2 heterocycles. The molecule has 6 nitrogen and oxygen atoms in total. The van der Waals surface area contributed by atoms with Gasteiger partial charge in [-0.05, 0) is 52.9 Å². The van der Waals surface area contributed by atoms with Crippen LogP contribution in [0, 0.1) is 0 Å². The summed E-state index contributed by atoms with van der Waals surface area (Å²) in [6.07, 6.45) is 3.56. The molecule has 2 N–H and O–H groups in total. The van der Waals surface area contributed by atoms with Gasteiger partial charge in [0.2, 0.25) is 0 Å². The van der Waals surface area contributed by atoms with Crippen molar-refractivity contribution in [1.82, 2.24) is 15.1 Å². The number of aromatic hydroxyl groups is 1.